The van der Waals surface area contributed by atoms with Crippen LogP contribution in [-0.4, -0.2) is 39.7 Å². The Kier molecular flexibility index (Phi) is 6.22. The standard InChI is InChI=1S/C21H32O5Si/c1-20(2,3)27(6,7)25-12-8-11-21(4)17(14-22)19(23)16-13-15(24-5)9-10-18(16)26-21/h9-10,13-14,17H,8,11-12H2,1-7H3. The monoisotopic (exact) mass is 392 g/mol. The molecule has 1 heterocycles. The number of Topliss-reactive ketones (excluding diaryl/α,β-unsaturated/α-hetero) is 1. The smallest absolute Gasteiger partial charge is 0.191 e. The number of benzene rings is 1. The minimum Gasteiger partial charge on any atom is -0.497 e. The van der Waals surface area contributed by atoms with Crippen molar-refractivity contribution in [3.63, 3.8) is 0 Å². The summed E-state index contributed by atoms with van der Waals surface area (Å²) in [6, 6.07) is 5.13. The molecule has 0 bridgehead atoms. The SMILES string of the molecule is COc1ccc2c(c1)C(=O)C(C=O)C(C)(CCCO[Si](C)(C)C(C)(C)C)O2. The Labute approximate surface area is 163 Å². The number of carbonyl (C=O) groups is 2. The predicted molar refractivity (Wildman–Crippen MR) is 108 cm³/mol. The van der Waals surface area contributed by atoms with E-state index in [1.807, 2.05) is 6.92 Å². The summed E-state index contributed by atoms with van der Waals surface area (Å²) in [6.45, 7) is 13.5. The van der Waals surface area contributed by atoms with E-state index < -0.39 is 19.8 Å². The zero-order valence-corrected chi connectivity index (χ0v) is 18.5. The van der Waals surface area contributed by atoms with Crippen molar-refractivity contribution in [3.8, 4) is 11.5 Å². The molecule has 1 aromatic carbocycles. The zero-order valence-electron chi connectivity index (χ0n) is 17.5. The van der Waals surface area contributed by atoms with Gasteiger partial charge in [-0.2, -0.15) is 0 Å². The Bertz CT molecular complexity index is 707. The minimum absolute atomic E-state index is 0.150. The van der Waals surface area contributed by atoms with E-state index in [1.165, 1.54) is 0 Å². The Hall–Kier alpha value is -1.66. The van der Waals surface area contributed by atoms with Crippen molar-refractivity contribution in [1.82, 2.24) is 0 Å². The Balaban J connectivity index is 2.11. The van der Waals surface area contributed by atoms with Gasteiger partial charge in [0.2, 0.25) is 0 Å². The van der Waals surface area contributed by atoms with Gasteiger partial charge in [0, 0.05) is 6.61 Å². The molecule has 0 amide bonds. The minimum atomic E-state index is -1.81. The Morgan fingerprint density at radius 3 is 2.52 bits per heavy atom. The second kappa shape index (κ2) is 7.76. The summed E-state index contributed by atoms with van der Waals surface area (Å²) in [7, 11) is -0.273. The summed E-state index contributed by atoms with van der Waals surface area (Å²) in [6.07, 6.45) is 2.01. The highest BCUT2D eigenvalue weighted by Crippen LogP contribution is 2.41. The first-order valence-electron chi connectivity index (χ1n) is 9.46. The number of fused-ring (bicyclic) bond motifs is 1. The second-order valence-electron chi connectivity index (χ2n) is 8.97. The molecule has 0 saturated heterocycles. The lowest BCUT2D eigenvalue weighted by molar-refractivity contribution is -0.116. The maximum atomic E-state index is 12.9. The molecule has 1 aliphatic heterocycles. The highest BCUT2D eigenvalue weighted by Gasteiger charge is 2.46. The number of rotatable bonds is 7. The second-order valence-corrected chi connectivity index (χ2v) is 13.8. The van der Waals surface area contributed by atoms with Crippen LogP contribution in [0.1, 0.15) is 50.9 Å². The summed E-state index contributed by atoms with van der Waals surface area (Å²) in [4.78, 5) is 24.6. The highest BCUT2D eigenvalue weighted by atomic mass is 28.4. The van der Waals surface area contributed by atoms with Crippen molar-refractivity contribution < 1.29 is 23.5 Å². The number of methoxy groups -OCH3 is 1. The van der Waals surface area contributed by atoms with E-state index in [1.54, 1.807) is 25.3 Å². The molecule has 1 aromatic rings. The van der Waals surface area contributed by atoms with Gasteiger partial charge in [0.1, 0.15) is 29.3 Å². The van der Waals surface area contributed by atoms with E-state index in [9.17, 15) is 9.59 Å². The molecular formula is C21H32O5Si. The van der Waals surface area contributed by atoms with Gasteiger partial charge >= 0.3 is 0 Å². The van der Waals surface area contributed by atoms with Crippen molar-refractivity contribution in [3.05, 3.63) is 23.8 Å². The number of hydrogen-bond acceptors (Lipinski definition) is 5. The molecule has 0 aromatic heterocycles. The average Bonchev–Trinajstić information content (AvgIpc) is 2.58. The van der Waals surface area contributed by atoms with E-state index in [4.69, 9.17) is 13.9 Å². The lowest BCUT2D eigenvalue weighted by Crippen LogP contribution is -2.49. The van der Waals surface area contributed by atoms with Crippen LogP contribution in [0.3, 0.4) is 0 Å². The van der Waals surface area contributed by atoms with Gasteiger partial charge in [0.15, 0.2) is 14.1 Å². The van der Waals surface area contributed by atoms with Gasteiger partial charge in [-0.05, 0) is 56.1 Å². The number of carbonyl (C=O) groups excluding carboxylic acids is 2. The molecule has 0 fully saturated rings. The normalized spacial score (nSPS) is 22.8. The molecule has 2 atom stereocenters. The maximum absolute atomic E-state index is 12.9. The third-order valence-corrected chi connectivity index (χ3v) is 10.5. The number of ether oxygens (including phenoxy) is 2. The molecule has 5 nitrogen and oxygen atoms in total. The van der Waals surface area contributed by atoms with Crippen molar-refractivity contribution in [1.29, 1.82) is 0 Å². The van der Waals surface area contributed by atoms with Crippen molar-refractivity contribution in [2.75, 3.05) is 13.7 Å². The van der Waals surface area contributed by atoms with Gasteiger partial charge in [-0.1, -0.05) is 20.8 Å². The molecular weight excluding hydrogens is 360 g/mol. The predicted octanol–water partition coefficient (Wildman–Crippen LogP) is 4.65. The van der Waals surface area contributed by atoms with Gasteiger partial charge in [0.25, 0.3) is 0 Å². The molecule has 0 spiro atoms. The van der Waals surface area contributed by atoms with Crippen LogP contribution >= 0.6 is 0 Å². The molecule has 0 radical (unpaired) electrons. The van der Waals surface area contributed by atoms with Crippen LogP contribution in [-0.2, 0) is 9.22 Å². The Morgan fingerprint density at radius 1 is 1.30 bits per heavy atom. The topological polar surface area (TPSA) is 61.8 Å². The van der Waals surface area contributed by atoms with E-state index in [-0.39, 0.29) is 10.8 Å². The maximum Gasteiger partial charge on any atom is 0.191 e. The average molecular weight is 393 g/mol. The molecule has 2 rings (SSSR count). The lowest BCUT2D eigenvalue weighted by atomic mass is 9.78. The third-order valence-electron chi connectivity index (χ3n) is 5.96. The fraction of sp³-hybridized carbons (Fsp3) is 0.619. The summed E-state index contributed by atoms with van der Waals surface area (Å²) < 4.78 is 17.5. The zero-order chi connectivity index (χ0) is 20.5. The van der Waals surface area contributed by atoms with Crippen molar-refractivity contribution in [2.45, 2.75) is 64.3 Å². The first-order valence-corrected chi connectivity index (χ1v) is 12.4. The van der Waals surface area contributed by atoms with Gasteiger partial charge < -0.3 is 18.7 Å². The lowest BCUT2D eigenvalue weighted by Gasteiger charge is -2.40. The summed E-state index contributed by atoms with van der Waals surface area (Å²) in [5.74, 6) is 0.0383. The Morgan fingerprint density at radius 2 is 1.96 bits per heavy atom. The van der Waals surface area contributed by atoms with Crippen molar-refractivity contribution in [2.24, 2.45) is 5.92 Å². The van der Waals surface area contributed by atoms with E-state index in [2.05, 4.69) is 33.9 Å². The number of ketones is 1. The fourth-order valence-electron chi connectivity index (χ4n) is 3.06. The third kappa shape index (κ3) is 4.43. The molecule has 27 heavy (non-hydrogen) atoms. The first kappa shape index (κ1) is 21.6. The van der Waals surface area contributed by atoms with Crippen LogP contribution in [0.5, 0.6) is 11.5 Å². The first-order chi connectivity index (χ1) is 12.4. The van der Waals surface area contributed by atoms with Gasteiger partial charge in [0.05, 0.1) is 12.7 Å². The summed E-state index contributed by atoms with van der Waals surface area (Å²) in [5, 5.41) is 0.150. The van der Waals surface area contributed by atoms with Crippen LogP contribution in [0.4, 0.5) is 0 Å². The van der Waals surface area contributed by atoms with Crippen LogP contribution < -0.4 is 9.47 Å². The molecule has 1 aliphatic rings. The largest absolute Gasteiger partial charge is 0.497 e. The summed E-state index contributed by atoms with van der Waals surface area (Å²) in [5.41, 5.74) is -0.460. The van der Waals surface area contributed by atoms with Gasteiger partial charge in [-0.25, -0.2) is 0 Å². The summed E-state index contributed by atoms with van der Waals surface area (Å²) >= 11 is 0. The van der Waals surface area contributed by atoms with Crippen LogP contribution in [0.2, 0.25) is 18.1 Å². The number of hydrogen-bond donors (Lipinski definition) is 0. The fourth-order valence-corrected chi connectivity index (χ4v) is 4.14. The van der Waals surface area contributed by atoms with E-state index >= 15 is 0 Å². The van der Waals surface area contributed by atoms with E-state index in [0.29, 0.717) is 36.4 Å². The van der Waals surface area contributed by atoms with Crippen LogP contribution in [0, 0.1) is 5.92 Å². The molecule has 0 aliphatic carbocycles. The van der Waals surface area contributed by atoms with Gasteiger partial charge in [-0.3, -0.25) is 4.79 Å². The highest BCUT2D eigenvalue weighted by molar-refractivity contribution is 6.74. The van der Waals surface area contributed by atoms with Gasteiger partial charge in [-0.15, -0.1) is 0 Å². The molecule has 150 valence electrons. The van der Waals surface area contributed by atoms with E-state index in [0.717, 1.165) is 6.42 Å². The molecule has 0 saturated carbocycles. The molecule has 2 unspecified atom stereocenters. The van der Waals surface area contributed by atoms with Crippen LogP contribution in [0.15, 0.2) is 18.2 Å². The molecule has 6 heteroatoms. The van der Waals surface area contributed by atoms with Crippen molar-refractivity contribution >= 4 is 20.4 Å². The molecule has 0 N–H and O–H groups in total. The van der Waals surface area contributed by atoms with Crippen LogP contribution in [0.25, 0.3) is 0 Å². The number of aldehydes is 1. The quantitative estimate of drug-likeness (QED) is 0.293.